The molecule has 0 spiro atoms. The summed E-state index contributed by atoms with van der Waals surface area (Å²) in [5.41, 5.74) is 4.47. The molecule has 5 aliphatic rings. The minimum atomic E-state index is -0.231. The Hall–Kier alpha value is -3.14. The summed E-state index contributed by atoms with van der Waals surface area (Å²) in [4.78, 5) is 35.9. The van der Waals surface area contributed by atoms with Gasteiger partial charge in [0.05, 0.1) is 11.4 Å². The third kappa shape index (κ3) is 6.86. The van der Waals surface area contributed by atoms with E-state index in [1.54, 1.807) is 4.90 Å². The van der Waals surface area contributed by atoms with Crippen LogP contribution in [-0.2, 0) is 9.53 Å². The normalized spacial score (nSPS) is 26.9. The molecule has 2 aromatic carbocycles. The van der Waals surface area contributed by atoms with Crippen molar-refractivity contribution in [1.82, 2.24) is 15.1 Å². The number of carbonyl (C=O) groups is 2. The second-order valence-corrected chi connectivity index (χ2v) is 14.0. The van der Waals surface area contributed by atoms with Gasteiger partial charge in [-0.1, -0.05) is 6.07 Å². The predicted octanol–water partition coefficient (Wildman–Crippen LogP) is 4.85. The Morgan fingerprint density at radius 2 is 1.58 bits per heavy atom. The first-order chi connectivity index (χ1) is 21.9. The van der Waals surface area contributed by atoms with Gasteiger partial charge in [0.15, 0.2) is 0 Å². The van der Waals surface area contributed by atoms with Crippen molar-refractivity contribution in [2.24, 2.45) is 5.92 Å². The van der Waals surface area contributed by atoms with Crippen LogP contribution in [0.4, 0.5) is 22.7 Å². The highest BCUT2D eigenvalue weighted by molar-refractivity contribution is 6.05. The van der Waals surface area contributed by atoms with Crippen LogP contribution in [0.2, 0.25) is 0 Å². The third-order valence-corrected chi connectivity index (χ3v) is 10.9. The van der Waals surface area contributed by atoms with Gasteiger partial charge in [-0.25, -0.2) is 0 Å². The van der Waals surface area contributed by atoms with Crippen LogP contribution in [0.3, 0.4) is 0 Å². The van der Waals surface area contributed by atoms with Gasteiger partial charge in [0.25, 0.3) is 5.91 Å². The van der Waals surface area contributed by atoms with Crippen molar-refractivity contribution in [2.75, 3.05) is 68.1 Å². The summed E-state index contributed by atoms with van der Waals surface area (Å²) in [5, 5.41) is 6.87. The van der Waals surface area contributed by atoms with Crippen molar-refractivity contribution in [1.29, 1.82) is 0 Å². The van der Waals surface area contributed by atoms with Crippen LogP contribution >= 0.6 is 0 Å². The molecular formula is C36H50N6O3. The van der Waals surface area contributed by atoms with E-state index >= 15 is 0 Å². The molecule has 9 heteroatoms. The Bertz CT molecular complexity index is 1360. The largest absolute Gasteiger partial charge is 0.381 e. The summed E-state index contributed by atoms with van der Waals surface area (Å²) in [7, 11) is 1.86. The fourth-order valence-electron chi connectivity index (χ4n) is 8.03. The molecule has 4 fully saturated rings. The van der Waals surface area contributed by atoms with Gasteiger partial charge in [0.2, 0.25) is 5.91 Å². The average molecular weight is 615 g/mol. The fraction of sp³-hybridized carbons (Fsp3) is 0.611. The first-order valence-corrected chi connectivity index (χ1v) is 17.3. The molecule has 3 heterocycles. The first-order valence-electron chi connectivity index (χ1n) is 17.3. The molecule has 3 aliphatic heterocycles. The maximum Gasteiger partial charge on any atom is 0.251 e. The minimum absolute atomic E-state index is 0.000820. The number of amides is 2. The lowest BCUT2D eigenvalue weighted by Gasteiger charge is -2.45. The molecule has 2 N–H and O–H groups in total. The lowest BCUT2D eigenvalue weighted by atomic mass is 9.89. The molecule has 45 heavy (non-hydrogen) atoms. The number of likely N-dealkylation sites (N-methyl/N-ethyl adjacent to an activating group) is 1. The zero-order chi connectivity index (χ0) is 30.9. The molecule has 2 saturated carbocycles. The summed E-state index contributed by atoms with van der Waals surface area (Å²) in [6.07, 6.45) is 9.11. The van der Waals surface area contributed by atoms with Crippen molar-refractivity contribution >= 4 is 34.6 Å². The van der Waals surface area contributed by atoms with E-state index in [0.717, 1.165) is 80.4 Å². The number of ether oxygens (including phenoxy) is 1. The van der Waals surface area contributed by atoms with Crippen LogP contribution in [0, 0.1) is 5.92 Å². The van der Waals surface area contributed by atoms with Gasteiger partial charge < -0.3 is 30.1 Å². The molecule has 1 atom stereocenters. The minimum Gasteiger partial charge on any atom is -0.381 e. The van der Waals surface area contributed by atoms with Crippen LogP contribution in [0.25, 0.3) is 0 Å². The summed E-state index contributed by atoms with van der Waals surface area (Å²) >= 11 is 0. The summed E-state index contributed by atoms with van der Waals surface area (Å²) in [5.74, 6) is 1.09. The van der Waals surface area contributed by atoms with E-state index in [-0.39, 0.29) is 29.9 Å². The van der Waals surface area contributed by atoms with E-state index in [4.69, 9.17) is 4.74 Å². The molecule has 0 aromatic heterocycles. The average Bonchev–Trinajstić information content (AvgIpc) is 3.89. The molecule has 0 bridgehead atoms. The van der Waals surface area contributed by atoms with Crippen molar-refractivity contribution < 1.29 is 14.3 Å². The molecule has 0 unspecified atom stereocenters. The van der Waals surface area contributed by atoms with Crippen LogP contribution in [0.1, 0.15) is 68.6 Å². The second-order valence-electron chi connectivity index (χ2n) is 14.0. The molecule has 7 rings (SSSR count). The van der Waals surface area contributed by atoms with Gasteiger partial charge in [-0.05, 0) is 101 Å². The smallest absolute Gasteiger partial charge is 0.251 e. The van der Waals surface area contributed by atoms with E-state index < -0.39 is 0 Å². The number of nitrogens with one attached hydrogen (secondary N) is 2. The molecule has 9 nitrogen and oxygen atoms in total. The molecule has 0 radical (unpaired) electrons. The lowest BCUT2D eigenvalue weighted by Crippen LogP contribution is -2.55. The molecule has 2 aliphatic carbocycles. The number of piperazine rings is 1. The summed E-state index contributed by atoms with van der Waals surface area (Å²) in [6.45, 7) is 9.58. The fourth-order valence-corrected chi connectivity index (χ4v) is 8.03. The lowest BCUT2D eigenvalue weighted by molar-refractivity contribution is -0.119. The van der Waals surface area contributed by atoms with Crippen molar-refractivity contribution in [3.63, 3.8) is 0 Å². The number of benzene rings is 2. The number of hydrogen-bond donors (Lipinski definition) is 2. The quantitative estimate of drug-likeness (QED) is 0.440. The van der Waals surface area contributed by atoms with E-state index in [9.17, 15) is 9.59 Å². The Balaban J connectivity index is 0.955. The number of anilines is 4. The van der Waals surface area contributed by atoms with E-state index in [1.807, 2.05) is 50.4 Å². The van der Waals surface area contributed by atoms with Crippen molar-refractivity contribution in [3.05, 3.63) is 48.0 Å². The van der Waals surface area contributed by atoms with Gasteiger partial charge in [0.1, 0.15) is 6.04 Å². The number of hydrogen-bond acceptors (Lipinski definition) is 7. The maximum absolute atomic E-state index is 13.3. The third-order valence-electron chi connectivity index (χ3n) is 10.9. The first kappa shape index (κ1) is 30.5. The van der Waals surface area contributed by atoms with Gasteiger partial charge >= 0.3 is 0 Å². The molecule has 242 valence electrons. The SMILES string of the molecule is C[C@@H]1C(=O)N(C)c2ccc(Nc3cccc(C(=O)N[C@H]4CC[C@H](N5CCN(CC6CC6)CC5)CC4)c3)cc2N1C1CCOCC1. The number of carbonyl (C=O) groups excluding carboxylic acids is 2. The molecule has 2 amide bonds. The van der Waals surface area contributed by atoms with Gasteiger partial charge in [0, 0.05) is 88.0 Å². The highest BCUT2D eigenvalue weighted by Crippen LogP contribution is 2.41. The Morgan fingerprint density at radius 3 is 2.31 bits per heavy atom. The Labute approximate surface area is 268 Å². The number of nitrogens with zero attached hydrogens (tertiary/aromatic N) is 4. The zero-order valence-corrected chi connectivity index (χ0v) is 27.0. The van der Waals surface area contributed by atoms with Crippen LogP contribution in [0.15, 0.2) is 42.5 Å². The van der Waals surface area contributed by atoms with Gasteiger partial charge in [-0.3, -0.25) is 14.5 Å². The topological polar surface area (TPSA) is 80.4 Å². The van der Waals surface area contributed by atoms with E-state index in [1.165, 1.54) is 45.6 Å². The molecule has 2 saturated heterocycles. The standard InChI is InChI=1S/C36H50N6O3/c1-25-36(44)39(2)33-13-10-30(23-34(33)42(25)32-14-20-45-21-15-32)37-29-5-3-4-27(22-29)35(43)38-28-8-11-31(12-9-28)41-18-16-40(17-19-41)24-26-6-7-26/h3-5,10,13,22-23,25-26,28,31-32,37H,6-9,11-12,14-21,24H2,1-2H3,(H,38,43)/t25-,28-,31-/m1/s1. The summed E-state index contributed by atoms with van der Waals surface area (Å²) in [6, 6.07) is 14.9. The predicted molar refractivity (Wildman–Crippen MR) is 180 cm³/mol. The van der Waals surface area contributed by atoms with Gasteiger partial charge in [-0.15, -0.1) is 0 Å². The van der Waals surface area contributed by atoms with Gasteiger partial charge in [-0.2, -0.15) is 0 Å². The van der Waals surface area contributed by atoms with E-state index in [2.05, 4.69) is 31.4 Å². The molecule has 2 aromatic rings. The van der Waals surface area contributed by atoms with Crippen molar-refractivity contribution in [3.8, 4) is 0 Å². The second kappa shape index (κ2) is 13.3. The zero-order valence-electron chi connectivity index (χ0n) is 27.0. The van der Waals surface area contributed by atoms with E-state index in [0.29, 0.717) is 11.6 Å². The highest BCUT2D eigenvalue weighted by atomic mass is 16.5. The number of fused-ring (bicyclic) bond motifs is 1. The Kier molecular flexibility index (Phi) is 9.02. The van der Waals surface area contributed by atoms with Crippen LogP contribution < -0.4 is 20.4 Å². The number of rotatable bonds is 8. The Morgan fingerprint density at radius 1 is 0.844 bits per heavy atom. The molecular weight excluding hydrogens is 564 g/mol. The van der Waals surface area contributed by atoms with Crippen LogP contribution in [0.5, 0.6) is 0 Å². The monoisotopic (exact) mass is 614 g/mol. The highest BCUT2D eigenvalue weighted by Gasteiger charge is 2.38. The van der Waals surface area contributed by atoms with Crippen molar-refractivity contribution in [2.45, 2.75) is 82.5 Å². The maximum atomic E-state index is 13.3. The summed E-state index contributed by atoms with van der Waals surface area (Å²) < 4.78 is 5.62. The van der Waals surface area contributed by atoms with Crippen LogP contribution in [-0.4, -0.2) is 98.8 Å².